The minimum atomic E-state index is -4.78. The quantitative estimate of drug-likeness (QED) is 0.226. The van der Waals surface area contributed by atoms with Crippen molar-refractivity contribution in [1.82, 2.24) is 9.88 Å². The predicted molar refractivity (Wildman–Crippen MR) is 131 cm³/mol. The van der Waals surface area contributed by atoms with Crippen LogP contribution in [0.3, 0.4) is 0 Å². The van der Waals surface area contributed by atoms with Crippen molar-refractivity contribution in [3.63, 3.8) is 0 Å². The van der Waals surface area contributed by atoms with E-state index in [1.807, 2.05) is 28.1 Å². The van der Waals surface area contributed by atoms with Crippen molar-refractivity contribution in [2.45, 2.75) is 32.7 Å². The van der Waals surface area contributed by atoms with Gasteiger partial charge in [-0.1, -0.05) is 0 Å². The second kappa shape index (κ2) is 12.0. The van der Waals surface area contributed by atoms with Crippen LogP contribution in [0.2, 0.25) is 0 Å². The number of aromatic nitrogens is 1. The third-order valence-electron chi connectivity index (χ3n) is 5.25. The lowest BCUT2D eigenvalue weighted by atomic mass is 10.1. The minimum absolute atomic E-state index is 0.141. The molecule has 0 aliphatic carbocycles. The summed E-state index contributed by atoms with van der Waals surface area (Å²) in [6.07, 6.45) is -4.61. The Morgan fingerprint density at radius 3 is 2.63 bits per heavy atom. The van der Waals surface area contributed by atoms with Crippen LogP contribution in [-0.4, -0.2) is 42.8 Å². The van der Waals surface area contributed by atoms with Gasteiger partial charge in [-0.2, -0.15) is 0 Å². The molecule has 3 aromatic rings. The average molecular weight is 552 g/mol. The maximum Gasteiger partial charge on any atom is 0.573 e. The molecule has 0 saturated carbocycles. The van der Waals surface area contributed by atoms with Crippen molar-refractivity contribution in [3.05, 3.63) is 52.6 Å². The Morgan fingerprint density at radius 1 is 1.13 bits per heavy atom. The number of alkyl halides is 3. The van der Waals surface area contributed by atoms with Crippen LogP contribution < -0.4 is 24.3 Å². The van der Waals surface area contributed by atoms with E-state index in [2.05, 4.69) is 15.0 Å². The Hall–Kier alpha value is -4.00. The first-order valence-corrected chi connectivity index (χ1v) is 12.5. The summed E-state index contributed by atoms with van der Waals surface area (Å²) in [7, 11) is 0. The van der Waals surface area contributed by atoms with E-state index >= 15 is 0 Å². The van der Waals surface area contributed by atoms with Crippen LogP contribution in [0.5, 0.6) is 17.2 Å². The van der Waals surface area contributed by atoms with Crippen LogP contribution in [0.4, 0.5) is 18.9 Å². The fourth-order valence-electron chi connectivity index (χ4n) is 3.62. The van der Waals surface area contributed by atoms with E-state index in [-0.39, 0.29) is 25.6 Å². The molecule has 0 saturated heterocycles. The van der Waals surface area contributed by atoms with Gasteiger partial charge in [-0.25, -0.2) is 4.99 Å². The molecule has 0 bridgehead atoms. The third kappa shape index (κ3) is 7.28. The van der Waals surface area contributed by atoms with E-state index in [0.29, 0.717) is 41.5 Å². The van der Waals surface area contributed by atoms with Gasteiger partial charge in [0.05, 0.1) is 18.0 Å². The lowest BCUT2D eigenvalue weighted by Gasteiger charge is -2.11. The van der Waals surface area contributed by atoms with Gasteiger partial charge in [0, 0.05) is 24.0 Å². The number of nitrogens with one attached hydrogen (secondary N) is 1. The molecule has 202 valence electrons. The second-order valence-electron chi connectivity index (χ2n) is 7.96. The number of rotatable bonds is 10. The Balaban J connectivity index is 1.54. The highest BCUT2D eigenvalue weighted by atomic mass is 32.1. The third-order valence-corrected chi connectivity index (χ3v) is 6.12. The van der Waals surface area contributed by atoms with E-state index in [1.165, 1.54) is 35.6 Å². The molecule has 0 atom stereocenters. The van der Waals surface area contributed by atoms with Gasteiger partial charge in [0.1, 0.15) is 12.2 Å². The number of nitrogens with zero attached hydrogens (tertiary/aromatic N) is 2. The summed E-state index contributed by atoms with van der Waals surface area (Å²) in [5, 5.41) is 4.61. The second-order valence-corrected chi connectivity index (χ2v) is 8.80. The molecule has 38 heavy (non-hydrogen) atoms. The van der Waals surface area contributed by atoms with Gasteiger partial charge in [0.2, 0.25) is 12.7 Å². The zero-order chi connectivity index (χ0) is 27.1. The SMILES string of the molecule is CCOC(=O)CC(=O)NCCCn1c(-c2ccc3c(c2)OCO3)csc1=Nc1ccc(OC(F)(F)F)cc1. The number of fused-ring (bicyclic) bond motifs is 1. The molecule has 0 fully saturated rings. The Morgan fingerprint density at radius 2 is 1.89 bits per heavy atom. The molecule has 1 amide bonds. The van der Waals surface area contributed by atoms with Crippen molar-refractivity contribution in [2.24, 2.45) is 4.99 Å². The number of esters is 1. The van der Waals surface area contributed by atoms with Crippen molar-refractivity contribution < 1.29 is 41.7 Å². The Labute approximate surface area is 219 Å². The summed E-state index contributed by atoms with van der Waals surface area (Å²) >= 11 is 1.36. The Kier molecular flexibility index (Phi) is 8.56. The number of ether oxygens (including phenoxy) is 4. The number of benzene rings is 2. The van der Waals surface area contributed by atoms with Crippen molar-refractivity contribution in [1.29, 1.82) is 0 Å². The van der Waals surface area contributed by atoms with E-state index < -0.39 is 18.2 Å². The summed E-state index contributed by atoms with van der Waals surface area (Å²) in [4.78, 5) is 28.7. The molecule has 1 aliphatic rings. The molecular formula is C25H24F3N3O6S. The highest BCUT2D eigenvalue weighted by Gasteiger charge is 2.31. The predicted octanol–water partition coefficient (Wildman–Crippen LogP) is 4.54. The van der Waals surface area contributed by atoms with Gasteiger partial charge in [-0.3, -0.25) is 9.59 Å². The molecule has 0 radical (unpaired) electrons. The number of thiazole rings is 1. The zero-order valence-electron chi connectivity index (χ0n) is 20.2. The Bertz CT molecular complexity index is 1350. The normalized spacial score (nSPS) is 12.9. The van der Waals surface area contributed by atoms with Crippen LogP contribution in [0.25, 0.3) is 11.3 Å². The molecular weight excluding hydrogens is 527 g/mol. The summed E-state index contributed by atoms with van der Waals surface area (Å²) in [5.41, 5.74) is 2.13. The van der Waals surface area contributed by atoms with E-state index in [0.717, 1.165) is 11.3 Å². The first-order valence-electron chi connectivity index (χ1n) is 11.6. The van der Waals surface area contributed by atoms with E-state index in [4.69, 9.17) is 14.2 Å². The largest absolute Gasteiger partial charge is 0.573 e. The fraction of sp³-hybridized carbons (Fsp3) is 0.320. The molecule has 4 rings (SSSR count). The standard InChI is InChI=1S/C25H24F3N3O6S/c1-2-34-23(33)13-22(32)29-10-3-11-31-19(16-4-9-20-21(12-16)36-15-35-20)14-38-24(31)30-17-5-7-18(8-6-17)37-25(26,27)28/h4-9,12,14H,2-3,10-11,13,15H2,1H3,(H,29,32). The van der Waals surface area contributed by atoms with Gasteiger partial charge in [-0.05, 0) is 55.8 Å². The maximum atomic E-state index is 12.5. The van der Waals surface area contributed by atoms with Gasteiger partial charge < -0.3 is 28.8 Å². The van der Waals surface area contributed by atoms with Gasteiger partial charge in [-0.15, -0.1) is 24.5 Å². The molecule has 13 heteroatoms. The van der Waals surface area contributed by atoms with Crippen molar-refractivity contribution >= 4 is 28.9 Å². The average Bonchev–Trinajstić information content (AvgIpc) is 3.48. The van der Waals surface area contributed by atoms with Crippen LogP contribution in [0, 0.1) is 0 Å². The molecule has 1 N–H and O–H groups in total. The van der Waals surface area contributed by atoms with Crippen molar-refractivity contribution in [2.75, 3.05) is 19.9 Å². The first kappa shape index (κ1) is 27.0. The molecule has 1 aliphatic heterocycles. The van der Waals surface area contributed by atoms with Crippen molar-refractivity contribution in [3.8, 4) is 28.5 Å². The number of hydrogen-bond donors (Lipinski definition) is 1. The summed E-state index contributed by atoms with van der Waals surface area (Å²) in [5.74, 6) is -0.0952. The number of carbonyl (C=O) groups excluding carboxylic acids is 2. The lowest BCUT2D eigenvalue weighted by Crippen LogP contribution is -2.28. The summed E-state index contributed by atoms with van der Waals surface area (Å²) < 4.78 is 58.9. The van der Waals surface area contributed by atoms with Gasteiger partial charge in [0.15, 0.2) is 16.3 Å². The minimum Gasteiger partial charge on any atom is -0.466 e. The number of halogens is 3. The molecule has 0 spiro atoms. The zero-order valence-corrected chi connectivity index (χ0v) is 21.1. The molecule has 9 nitrogen and oxygen atoms in total. The topological polar surface area (TPSA) is 100 Å². The van der Waals surface area contributed by atoms with Crippen LogP contribution in [0.1, 0.15) is 19.8 Å². The van der Waals surface area contributed by atoms with Gasteiger partial charge in [0.25, 0.3) is 0 Å². The molecule has 2 aromatic carbocycles. The maximum absolute atomic E-state index is 12.5. The number of carbonyl (C=O) groups is 2. The smallest absolute Gasteiger partial charge is 0.466 e. The molecule has 2 heterocycles. The van der Waals surface area contributed by atoms with E-state index in [1.54, 1.807) is 6.92 Å². The van der Waals surface area contributed by atoms with Crippen LogP contribution >= 0.6 is 11.3 Å². The fourth-order valence-corrected chi connectivity index (χ4v) is 4.58. The summed E-state index contributed by atoms with van der Waals surface area (Å²) in [6.45, 7) is 2.78. The monoisotopic (exact) mass is 551 g/mol. The van der Waals surface area contributed by atoms with Crippen LogP contribution in [0.15, 0.2) is 52.8 Å². The molecule has 1 aromatic heterocycles. The number of amides is 1. The highest BCUT2D eigenvalue weighted by molar-refractivity contribution is 7.07. The number of hydrogen-bond acceptors (Lipinski definition) is 8. The lowest BCUT2D eigenvalue weighted by molar-refractivity contribution is -0.274. The van der Waals surface area contributed by atoms with Gasteiger partial charge >= 0.3 is 12.3 Å². The van der Waals surface area contributed by atoms with Crippen LogP contribution in [-0.2, 0) is 20.9 Å². The van der Waals surface area contributed by atoms with E-state index in [9.17, 15) is 22.8 Å². The summed E-state index contributed by atoms with van der Waals surface area (Å²) in [6, 6.07) is 10.8. The molecule has 0 unspecified atom stereocenters. The first-order chi connectivity index (χ1) is 18.2. The highest BCUT2D eigenvalue weighted by Crippen LogP contribution is 2.36.